The molecule has 1 amide bonds. The molecule has 1 saturated heterocycles. The number of esters is 1. The predicted molar refractivity (Wildman–Crippen MR) is 125 cm³/mol. The van der Waals surface area contributed by atoms with Crippen molar-refractivity contribution in [2.24, 2.45) is 0 Å². The second-order valence-electron chi connectivity index (χ2n) is 8.03. The van der Waals surface area contributed by atoms with Gasteiger partial charge in [0, 0.05) is 31.3 Å². The van der Waals surface area contributed by atoms with Gasteiger partial charge in [-0.2, -0.15) is 4.31 Å². The standard InChI is InChI=1S/C23H27N3O8S/c1-3-33-22(27)13-20-15-24(35(31,32)21-11-9-19(10-12-21)26(29)30)14-17(2)25(20)23(28)34-16-18-7-5-4-6-8-18/h4-12,17,20H,3,13-16H2,1-2H3/t17-,20+/m1/s1. The third kappa shape index (κ3) is 6.34. The van der Waals surface area contributed by atoms with Crippen LogP contribution in [0.25, 0.3) is 0 Å². The average Bonchev–Trinajstić information content (AvgIpc) is 2.83. The number of piperazine rings is 1. The number of non-ortho nitro benzene ring substituents is 1. The van der Waals surface area contributed by atoms with E-state index in [9.17, 15) is 28.1 Å². The normalized spacial score (nSPS) is 18.6. The summed E-state index contributed by atoms with van der Waals surface area (Å²) in [7, 11) is -4.04. The van der Waals surface area contributed by atoms with Crippen LogP contribution >= 0.6 is 0 Å². The minimum atomic E-state index is -4.04. The van der Waals surface area contributed by atoms with E-state index in [2.05, 4.69) is 0 Å². The van der Waals surface area contributed by atoms with E-state index in [-0.39, 0.29) is 43.3 Å². The first-order valence-electron chi connectivity index (χ1n) is 11.0. The van der Waals surface area contributed by atoms with Gasteiger partial charge in [0.2, 0.25) is 10.0 Å². The minimum Gasteiger partial charge on any atom is -0.466 e. The van der Waals surface area contributed by atoms with E-state index < -0.39 is 39.1 Å². The fourth-order valence-corrected chi connectivity index (χ4v) is 5.48. The maximum atomic E-state index is 13.3. The summed E-state index contributed by atoms with van der Waals surface area (Å²) in [5.74, 6) is -0.569. The summed E-state index contributed by atoms with van der Waals surface area (Å²) in [5, 5.41) is 10.9. The van der Waals surface area contributed by atoms with Crippen LogP contribution in [-0.4, -0.2) is 66.4 Å². The highest BCUT2D eigenvalue weighted by Crippen LogP contribution is 2.27. The summed E-state index contributed by atoms with van der Waals surface area (Å²) < 4.78 is 38.2. The van der Waals surface area contributed by atoms with Crippen molar-refractivity contribution in [3.8, 4) is 0 Å². The molecule has 0 unspecified atom stereocenters. The van der Waals surface area contributed by atoms with E-state index in [0.29, 0.717) is 0 Å². The van der Waals surface area contributed by atoms with E-state index in [1.807, 2.05) is 30.3 Å². The first-order valence-corrected chi connectivity index (χ1v) is 12.5. The molecule has 2 atom stereocenters. The second kappa shape index (κ2) is 11.3. The van der Waals surface area contributed by atoms with Crippen LogP contribution in [0.4, 0.5) is 10.5 Å². The molecule has 3 rings (SSSR count). The van der Waals surface area contributed by atoms with Gasteiger partial charge in [-0.05, 0) is 31.5 Å². The van der Waals surface area contributed by atoms with Gasteiger partial charge in [-0.1, -0.05) is 30.3 Å². The number of hydrogen-bond donors (Lipinski definition) is 0. The van der Waals surface area contributed by atoms with Gasteiger partial charge in [-0.3, -0.25) is 19.8 Å². The number of rotatable bonds is 8. The van der Waals surface area contributed by atoms with Crippen molar-refractivity contribution in [3.05, 3.63) is 70.3 Å². The number of hydrogen-bond acceptors (Lipinski definition) is 8. The highest BCUT2D eigenvalue weighted by molar-refractivity contribution is 7.89. The van der Waals surface area contributed by atoms with Gasteiger partial charge in [0.05, 0.1) is 28.9 Å². The van der Waals surface area contributed by atoms with Gasteiger partial charge in [0.1, 0.15) is 6.61 Å². The number of carbonyl (C=O) groups excluding carboxylic acids is 2. The molecular weight excluding hydrogens is 478 g/mol. The molecule has 35 heavy (non-hydrogen) atoms. The summed E-state index contributed by atoms with van der Waals surface area (Å²) in [6.45, 7) is 3.28. The van der Waals surface area contributed by atoms with Crippen LogP contribution in [0.5, 0.6) is 0 Å². The van der Waals surface area contributed by atoms with Crippen molar-refractivity contribution in [1.29, 1.82) is 0 Å². The van der Waals surface area contributed by atoms with Crippen molar-refractivity contribution < 1.29 is 32.4 Å². The zero-order valence-electron chi connectivity index (χ0n) is 19.4. The number of carbonyl (C=O) groups is 2. The second-order valence-corrected chi connectivity index (χ2v) is 9.97. The van der Waals surface area contributed by atoms with Gasteiger partial charge < -0.3 is 9.47 Å². The fourth-order valence-electron chi connectivity index (χ4n) is 3.92. The number of amides is 1. The van der Waals surface area contributed by atoms with Gasteiger partial charge in [0.15, 0.2) is 0 Å². The maximum Gasteiger partial charge on any atom is 0.410 e. The Balaban J connectivity index is 1.82. The highest BCUT2D eigenvalue weighted by Gasteiger charge is 2.42. The number of sulfonamides is 1. The number of nitro benzene ring substituents is 1. The van der Waals surface area contributed by atoms with E-state index >= 15 is 0 Å². The van der Waals surface area contributed by atoms with Crippen molar-refractivity contribution in [2.45, 2.75) is 43.9 Å². The zero-order valence-corrected chi connectivity index (χ0v) is 20.2. The summed E-state index contributed by atoms with van der Waals surface area (Å²) in [4.78, 5) is 36.8. The summed E-state index contributed by atoms with van der Waals surface area (Å²) >= 11 is 0. The van der Waals surface area contributed by atoms with E-state index in [1.54, 1.807) is 13.8 Å². The molecule has 1 fully saturated rings. The van der Waals surface area contributed by atoms with Crippen LogP contribution < -0.4 is 0 Å². The summed E-state index contributed by atoms with van der Waals surface area (Å²) in [5.41, 5.74) is 0.554. The number of nitrogens with zero attached hydrogens (tertiary/aromatic N) is 3. The molecule has 1 heterocycles. The lowest BCUT2D eigenvalue weighted by Crippen LogP contribution is -2.61. The van der Waals surface area contributed by atoms with Crippen molar-refractivity contribution in [1.82, 2.24) is 9.21 Å². The molecule has 11 nitrogen and oxygen atoms in total. The number of nitro groups is 1. The Kier molecular flexibility index (Phi) is 8.41. The quantitative estimate of drug-likeness (QED) is 0.303. The van der Waals surface area contributed by atoms with Crippen LogP contribution in [0, 0.1) is 10.1 Å². The van der Waals surface area contributed by atoms with Crippen LogP contribution in [-0.2, 0) is 30.9 Å². The molecule has 0 aliphatic carbocycles. The average molecular weight is 506 g/mol. The SMILES string of the molecule is CCOC(=O)C[C@H]1CN(S(=O)(=O)c2ccc([N+](=O)[O-])cc2)C[C@@H](C)N1C(=O)OCc1ccccc1. The van der Waals surface area contributed by atoms with Gasteiger partial charge in [-0.15, -0.1) is 0 Å². The third-order valence-electron chi connectivity index (χ3n) is 5.56. The van der Waals surface area contributed by atoms with Crippen LogP contribution in [0.3, 0.4) is 0 Å². The number of ether oxygens (including phenoxy) is 2. The molecule has 1 aliphatic rings. The van der Waals surface area contributed by atoms with E-state index in [4.69, 9.17) is 9.47 Å². The number of benzene rings is 2. The molecule has 0 N–H and O–H groups in total. The molecular formula is C23H27N3O8S. The molecule has 0 bridgehead atoms. The molecule has 12 heteroatoms. The minimum absolute atomic E-state index is 0.0276. The molecule has 0 saturated carbocycles. The first kappa shape index (κ1) is 26.1. The van der Waals surface area contributed by atoms with Crippen LogP contribution in [0.1, 0.15) is 25.8 Å². The van der Waals surface area contributed by atoms with E-state index in [0.717, 1.165) is 17.7 Å². The Bertz CT molecular complexity index is 1160. The monoisotopic (exact) mass is 505 g/mol. The molecule has 2 aromatic carbocycles. The Labute approximate surface area is 203 Å². The zero-order chi connectivity index (χ0) is 25.6. The Hall–Kier alpha value is -3.51. The third-order valence-corrected chi connectivity index (χ3v) is 7.41. The lowest BCUT2D eigenvalue weighted by atomic mass is 10.1. The Morgan fingerprint density at radius 3 is 2.31 bits per heavy atom. The van der Waals surface area contributed by atoms with Gasteiger partial charge in [-0.25, -0.2) is 13.2 Å². The fraction of sp³-hybridized carbons (Fsp3) is 0.391. The van der Waals surface area contributed by atoms with Crippen LogP contribution in [0.2, 0.25) is 0 Å². The van der Waals surface area contributed by atoms with Crippen molar-refractivity contribution in [3.63, 3.8) is 0 Å². The largest absolute Gasteiger partial charge is 0.466 e. The Morgan fingerprint density at radius 2 is 1.71 bits per heavy atom. The van der Waals surface area contributed by atoms with Crippen molar-refractivity contribution >= 4 is 27.8 Å². The molecule has 2 aromatic rings. The highest BCUT2D eigenvalue weighted by atomic mass is 32.2. The molecule has 188 valence electrons. The van der Waals surface area contributed by atoms with Crippen molar-refractivity contribution in [2.75, 3.05) is 19.7 Å². The topological polar surface area (TPSA) is 136 Å². The lowest BCUT2D eigenvalue weighted by molar-refractivity contribution is -0.384. The molecule has 0 spiro atoms. The smallest absolute Gasteiger partial charge is 0.410 e. The summed E-state index contributed by atoms with van der Waals surface area (Å²) in [6.07, 6.45) is -0.881. The predicted octanol–water partition coefficient (Wildman–Crippen LogP) is 2.95. The summed E-state index contributed by atoms with van der Waals surface area (Å²) in [6, 6.07) is 12.2. The molecule has 0 aromatic heterocycles. The Morgan fingerprint density at radius 1 is 1.06 bits per heavy atom. The lowest BCUT2D eigenvalue weighted by Gasteiger charge is -2.43. The van der Waals surface area contributed by atoms with Gasteiger partial charge >= 0.3 is 12.1 Å². The van der Waals surface area contributed by atoms with Crippen LogP contribution in [0.15, 0.2) is 59.5 Å². The molecule has 0 radical (unpaired) electrons. The maximum absolute atomic E-state index is 13.3. The molecule has 1 aliphatic heterocycles. The van der Waals surface area contributed by atoms with E-state index in [1.165, 1.54) is 21.3 Å². The first-order chi connectivity index (χ1) is 16.6. The van der Waals surface area contributed by atoms with Gasteiger partial charge in [0.25, 0.3) is 5.69 Å².